The first-order valence-corrected chi connectivity index (χ1v) is 12.1. The topological polar surface area (TPSA) is 100 Å². The zero-order valence-corrected chi connectivity index (χ0v) is 19.9. The van der Waals surface area contributed by atoms with Crippen molar-refractivity contribution in [2.45, 2.75) is 37.1 Å². The Morgan fingerprint density at radius 3 is 2.68 bits per heavy atom. The van der Waals surface area contributed by atoms with Crippen molar-refractivity contribution in [3.8, 4) is 5.82 Å². The van der Waals surface area contributed by atoms with Gasteiger partial charge in [0.15, 0.2) is 11.5 Å². The van der Waals surface area contributed by atoms with Crippen LogP contribution in [0.1, 0.15) is 29.6 Å². The number of nitrogens with zero attached hydrogens (tertiary/aromatic N) is 4. The number of fused-ring (bicyclic) bond motifs is 2. The molecule has 0 spiro atoms. The summed E-state index contributed by atoms with van der Waals surface area (Å²) < 4.78 is 55.5. The highest BCUT2D eigenvalue weighted by Crippen LogP contribution is 2.50. The van der Waals surface area contributed by atoms with Crippen LogP contribution in [-0.4, -0.2) is 56.5 Å². The molecule has 3 aliphatic rings. The average Bonchev–Trinajstić information content (AvgIpc) is 3.74. The molecule has 3 fully saturated rings. The highest BCUT2D eigenvalue weighted by molar-refractivity contribution is 6.32. The fourth-order valence-corrected chi connectivity index (χ4v) is 5.27. The minimum absolute atomic E-state index is 0.0298. The maximum atomic E-state index is 13.7. The molecule has 0 bridgehead atoms. The summed E-state index contributed by atoms with van der Waals surface area (Å²) in [6.45, 7) is 0.922. The van der Waals surface area contributed by atoms with E-state index in [0.29, 0.717) is 38.2 Å². The van der Waals surface area contributed by atoms with E-state index in [1.54, 1.807) is 6.07 Å². The zero-order chi connectivity index (χ0) is 26.3. The van der Waals surface area contributed by atoms with Crippen LogP contribution in [-0.2, 0) is 0 Å². The van der Waals surface area contributed by atoms with Crippen molar-refractivity contribution >= 4 is 34.4 Å². The van der Waals surface area contributed by atoms with Gasteiger partial charge in [-0.25, -0.2) is 14.4 Å². The molecule has 194 valence electrons. The van der Waals surface area contributed by atoms with Crippen molar-refractivity contribution in [1.82, 2.24) is 19.9 Å². The lowest BCUT2D eigenvalue weighted by Gasteiger charge is -2.22. The summed E-state index contributed by atoms with van der Waals surface area (Å²) in [6, 6.07) is 1.87. The van der Waals surface area contributed by atoms with Gasteiger partial charge >= 0.3 is 6.18 Å². The van der Waals surface area contributed by atoms with E-state index in [-0.39, 0.29) is 27.8 Å². The van der Waals surface area contributed by atoms with Gasteiger partial charge in [-0.05, 0) is 43.4 Å². The molecule has 3 aromatic rings. The summed E-state index contributed by atoms with van der Waals surface area (Å²) in [5.41, 5.74) is -2.12. The van der Waals surface area contributed by atoms with Crippen LogP contribution in [0.25, 0.3) is 16.9 Å². The number of aromatic nitrogens is 3. The Kier molecular flexibility index (Phi) is 5.29. The lowest BCUT2D eigenvalue weighted by molar-refractivity contribution is -0.158. The molecule has 1 saturated heterocycles. The third kappa shape index (κ3) is 4.21. The van der Waals surface area contributed by atoms with Gasteiger partial charge in [-0.15, -0.1) is 0 Å². The average molecular weight is 538 g/mol. The van der Waals surface area contributed by atoms with E-state index in [4.69, 9.17) is 11.6 Å². The van der Waals surface area contributed by atoms with Crippen molar-refractivity contribution in [3.05, 3.63) is 57.2 Å². The van der Waals surface area contributed by atoms with Crippen LogP contribution in [0.15, 0.2) is 35.4 Å². The van der Waals surface area contributed by atoms with Gasteiger partial charge in [0.25, 0.3) is 5.91 Å². The standard InChI is InChI=1S/C24H20ClF4N5O3/c25-16-5-13(26)7-30-21(16)34-9-15(22(36)32-19(11-1-2-11)24(27,28)29)18(35)14-3-4-17(31-20(14)34)33-8-12-6-23(12,37)10-33/h3-5,7,9,11-12,19,37H,1-2,6,8,10H2,(H,32,36)/t12?,19-,23?/m1/s1. The van der Waals surface area contributed by atoms with Gasteiger partial charge in [-0.3, -0.25) is 14.2 Å². The second-order valence-electron chi connectivity index (χ2n) is 9.96. The molecule has 0 aromatic carbocycles. The van der Waals surface area contributed by atoms with Crippen LogP contribution in [0.3, 0.4) is 0 Å². The molecule has 2 saturated carbocycles. The van der Waals surface area contributed by atoms with Gasteiger partial charge in [0.05, 0.1) is 22.2 Å². The second kappa shape index (κ2) is 8.12. The number of rotatable bonds is 5. The molecule has 13 heteroatoms. The number of halogens is 5. The van der Waals surface area contributed by atoms with Crippen molar-refractivity contribution < 1.29 is 27.5 Å². The molecule has 1 aliphatic heterocycles. The molecule has 2 unspecified atom stereocenters. The van der Waals surface area contributed by atoms with Crippen LogP contribution in [0.4, 0.5) is 23.4 Å². The largest absolute Gasteiger partial charge is 0.408 e. The normalized spacial score (nSPS) is 23.7. The van der Waals surface area contributed by atoms with Crippen LogP contribution in [0, 0.1) is 17.7 Å². The molecular weight excluding hydrogens is 518 g/mol. The summed E-state index contributed by atoms with van der Waals surface area (Å²) >= 11 is 6.22. The molecule has 8 nitrogen and oxygen atoms in total. The van der Waals surface area contributed by atoms with Gasteiger partial charge < -0.3 is 15.3 Å². The molecule has 3 atom stereocenters. The summed E-state index contributed by atoms with van der Waals surface area (Å²) in [4.78, 5) is 36.7. The summed E-state index contributed by atoms with van der Waals surface area (Å²) in [5, 5.41) is 12.2. The number of anilines is 1. The maximum Gasteiger partial charge on any atom is 0.408 e. The number of amides is 1. The van der Waals surface area contributed by atoms with E-state index >= 15 is 0 Å². The lowest BCUT2D eigenvalue weighted by atomic mass is 10.1. The SMILES string of the molecule is O=C(N[C@H](C1CC1)C(F)(F)F)c1cn(-c2ncc(F)cc2Cl)c2nc(N3CC4CC4(O)C3)ccc2c1=O. The first-order chi connectivity index (χ1) is 17.4. The lowest BCUT2D eigenvalue weighted by Crippen LogP contribution is -2.48. The monoisotopic (exact) mass is 537 g/mol. The molecular formula is C24H20ClF4N5O3. The van der Waals surface area contributed by atoms with Crippen LogP contribution in [0.5, 0.6) is 0 Å². The number of carbonyl (C=O) groups excluding carboxylic acids is 1. The Hall–Kier alpha value is -3.25. The van der Waals surface area contributed by atoms with Gasteiger partial charge in [-0.1, -0.05) is 11.6 Å². The highest BCUT2D eigenvalue weighted by Gasteiger charge is 2.59. The second-order valence-corrected chi connectivity index (χ2v) is 10.4. The van der Waals surface area contributed by atoms with E-state index < -0.39 is 46.5 Å². The van der Waals surface area contributed by atoms with Crippen molar-refractivity contribution in [3.63, 3.8) is 0 Å². The van der Waals surface area contributed by atoms with Crippen molar-refractivity contribution in [2.75, 3.05) is 18.0 Å². The molecule has 37 heavy (non-hydrogen) atoms. The Balaban J connectivity index is 1.47. The van der Waals surface area contributed by atoms with E-state index in [0.717, 1.165) is 18.5 Å². The molecule has 0 radical (unpaired) electrons. The van der Waals surface area contributed by atoms with Crippen LogP contribution < -0.4 is 15.6 Å². The first kappa shape index (κ1) is 24.1. The smallest absolute Gasteiger partial charge is 0.388 e. The van der Waals surface area contributed by atoms with Crippen molar-refractivity contribution in [1.29, 1.82) is 0 Å². The molecule has 4 heterocycles. The van der Waals surface area contributed by atoms with E-state index in [2.05, 4.69) is 9.97 Å². The van der Waals surface area contributed by atoms with Gasteiger partial charge in [0.1, 0.15) is 23.2 Å². The molecule has 6 rings (SSSR count). The quantitative estimate of drug-likeness (QED) is 0.485. The summed E-state index contributed by atoms with van der Waals surface area (Å²) in [7, 11) is 0. The number of β-amino-alcohol motifs (C(OH)–C–C–N with tert-alkyl or cyclic N) is 1. The van der Waals surface area contributed by atoms with Crippen molar-refractivity contribution in [2.24, 2.45) is 11.8 Å². The van der Waals surface area contributed by atoms with Gasteiger partial charge in [0.2, 0.25) is 5.43 Å². The number of aliphatic hydroxyl groups is 1. The van der Waals surface area contributed by atoms with E-state index in [1.807, 2.05) is 10.2 Å². The number of pyridine rings is 3. The number of nitrogens with one attached hydrogen (secondary N) is 1. The minimum atomic E-state index is -4.68. The Bertz CT molecular complexity index is 1510. The third-order valence-electron chi connectivity index (χ3n) is 7.26. The van der Waals surface area contributed by atoms with Crippen LogP contribution >= 0.6 is 11.6 Å². The fourth-order valence-electron chi connectivity index (χ4n) is 5.02. The van der Waals surface area contributed by atoms with Gasteiger partial charge in [-0.2, -0.15) is 13.2 Å². The van der Waals surface area contributed by atoms with Gasteiger partial charge in [0, 0.05) is 25.2 Å². The Labute approximate surface area is 211 Å². The first-order valence-electron chi connectivity index (χ1n) is 11.7. The summed E-state index contributed by atoms with van der Waals surface area (Å²) in [5.74, 6) is -2.16. The summed E-state index contributed by atoms with van der Waals surface area (Å²) in [6.07, 6.45) is -1.43. The molecule has 1 amide bonds. The van der Waals surface area contributed by atoms with E-state index in [1.165, 1.54) is 10.6 Å². The Morgan fingerprint density at radius 2 is 2.05 bits per heavy atom. The number of hydrogen-bond acceptors (Lipinski definition) is 6. The zero-order valence-electron chi connectivity index (χ0n) is 19.1. The number of hydrogen-bond donors (Lipinski definition) is 2. The predicted octanol–water partition coefficient (Wildman–Crippen LogP) is 3.21. The third-order valence-corrected chi connectivity index (χ3v) is 7.54. The molecule has 2 aliphatic carbocycles. The molecule has 3 aromatic heterocycles. The van der Waals surface area contributed by atoms with Crippen LogP contribution in [0.2, 0.25) is 5.02 Å². The minimum Gasteiger partial charge on any atom is -0.388 e. The maximum absolute atomic E-state index is 13.7. The fraction of sp³-hybridized carbons (Fsp3) is 0.417. The molecule has 2 N–H and O–H groups in total. The van der Waals surface area contributed by atoms with E-state index in [9.17, 15) is 32.3 Å². The highest BCUT2D eigenvalue weighted by atomic mass is 35.5. The Morgan fingerprint density at radius 1 is 1.30 bits per heavy atom. The number of carbonyl (C=O) groups is 1. The number of alkyl halides is 3. The predicted molar refractivity (Wildman–Crippen MR) is 125 cm³/mol. The number of piperidine rings is 1.